The number of non-ortho nitro benzene ring substituents is 1. The van der Waals surface area contributed by atoms with Crippen molar-refractivity contribution < 1.29 is 9.72 Å². The molecule has 2 heterocycles. The average Bonchev–Trinajstić information content (AvgIpc) is 3.40. The number of rotatable bonds is 6. The van der Waals surface area contributed by atoms with Gasteiger partial charge in [-0.25, -0.2) is 14.3 Å². The quantitative estimate of drug-likeness (QED) is 0.342. The topological polar surface area (TPSA) is 121 Å². The number of nitro groups is 1. The number of hydrogen-bond acceptors (Lipinski definition) is 6. The Morgan fingerprint density at radius 2 is 1.80 bits per heavy atom. The van der Waals surface area contributed by atoms with Gasteiger partial charge in [0, 0.05) is 22.8 Å². The molecule has 150 valence electrons. The Kier molecular flexibility index (Phi) is 5.35. The van der Waals surface area contributed by atoms with Gasteiger partial charge in [-0.2, -0.15) is 5.10 Å². The summed E-state index contributed by atoms with van der Waals surface area (Å²) in [6.45, 7) is 0.519. The van der Waals surface area contributed by atoms with Gasteiger partial charge in [-0.15, -0.1) is 5.10 Å². The minimum atomic E-state index is -0.478. The summed E-state index contributed by atoms with van der Waals surface area (Å²) in [6.07, 6.45) is 3.13. The molecule has 0 radical (unpaired) electrons. The largest absolute Gasteiger partial charge is 0.288 e. The fourth-order valence-corrected chi connectivity index (χ4v) is 2.95. The summed E-state index contributed by atoms with van der Waals surface area (Å²) < 4.78 is 4.07. The number of nitrogens with one attached hydrogen (secondary N) is 1. The fourth-order valence-electron chi connectivity index (χ4n) is 2.69. The first-order valence-corrected chi connectivity index (χ1v) is 9.53. The molecule has 4 aromatic rings. The van der Waals surface area contributed by atoms with Crippen LogP contribution in [-0.4, -0.2) is 35.4 Å². The monoisotopic (exact) mass is 467 g/mol. The molecule has 2 aromatic heterocycles. The third-order valence-electron chi connectivity index (χ3n) is 4.17. The SMILES string of the molecule is O=C(Nc1ncn(Cc2ccc(Br)cc2)n1)c1ccn(-c2ccc([N+](=O)[O-])cc2)n1. The number of nitro benzene ring substituents is 1. The zero-order chi connectivity index (χ0) is 21.1. The van der Waals surface area contributed by atoms with Gasteiger partial charge in [-0.3, -0.25) is 20.2 Å². The van der Waals surface area contributed by atoms with Crippen LogP contribution in [-0.2, 0) is 6.54 Å². The fraction of sp³-hybridized carbons (Fsp3) is 0.0526. The maximum Gasteiger partial charge on any atom is 0.278 e. The molecule has 0 atom stereocenters. The summed E-state index contributed by atoms with van der Waals surface area (Å²) in [5.41, 5.74) is 1.78. The first-order valence-electron chi connectivity index (χ1n) is 8.74. The van der Waals surface area contributed by atoms with Crippen molar-refractivity contribution in [3.63, 3.8) is 0 Å². The van der Waals surface area contributed by atoms with Gasteiger partial charge in [0.25, 0.3) is 11.6 Å². The highest BCUT2D eigenvalue weighted by Crippen LogP contribution is 2.15. The number of halogens is 1. The van der Waals surface area contributed by atoms with E-state index in [1.165, 1.54) is 29.2 Å². The number of carbonyl (C=O) groups excluding carboxylic acids is 1. The van der Waals surface area contributed by atoms with E-state index in [9.17, 15) is 14.9 Å². The molecule has 0 spiro atoms. The summed E-state index contributed by atoms with van der Waals surface area (Å²) in [5, 5.41) is 21.8. The van der Waals surface area contributed by atoms with Crippen molar-refractivity contribution >= 4 is 33.5 Å². The van der Waals surface area contributed by atoms with Crippen molar-refractivity contribution in [3.05, 3.63) is 93.0 Å². The summed E-state index contributed by atoms with van der Waals surface area (Å²) in [4.78, 5) is 26.8. The molecule has 1 N–H and O–H groups in total. The van der Waals surface area contributed by atoms with E-state index in [0.29, 0.717) is 12.2 Å². The molecule has 2 aromatic carbocycles. The average molecular weight is 468 g/mol. The molecule has 11 heteroatoms. The van der Waals surface area contributed by atoms with E-state index in [-0.39, 0.29) is 17.3 Å². The molecule has 0 saturated carbocycles. The minimum Gasteiger partial charge on any atom is -0.288 e. The smallest absolute Gasteiger partial charge is 0.278 e. The third kappa shape index (κ3) is 4.41. The molecule has 0 fully saturated rings. The van der Waals surface area contributed by atoms with Crippen LogP contribution in [0.1, 0.15) is 16.1 Å². The van der Waals surface area contributed by atoms with Crippen LogP contribution < -0.4 is 5.32 Å². The molecule has 0 aliphatic heterocycles. The Labute approximate surface area is 178 Å². The Bertz CT molecular complexity index is 1200. The van der Waals surface area contributed by atoms with Crippen molar-refractivity contribution in [1.29, 1.82) is 0 Å². The molecular formula is C19H14BrN7O3. The van der Waals surface area contributed by atoms with Crippen LogP contribution in [0.5, 0.6) is 0 Å². The molecule has 0 aliphatic carbocycles. The van der Waals surface area contributed by atoms with E-state index in [2.05, 4.69) is 36.4 Å². The van der Waals surface area contributed by atoms with Crippen LogP contribution in [0.25, 0.3) is 5.69 Å². The van der Waals surface area contributed by atoms with Gasteiger partial charge in [0.2, 0.25) is 5.95 Å². The zero-order valence-corrected chi connectivity index (χ0v) is 16.9. The molecule has 10 nitrogen and oxygen atoms in total. The minimum absolute atomic E-state index is 0.0197. The van der Waals surface area contributed by atoms with E-state index in [1.807, 2.05) is 24.3 Å². The molecule has 0 saturated heterocycles. The second-order valence-corrected chi connectivity index (χ2v) is 7.18. The Morgan fingerprint density at radius 3 is 2.50 bits per heavy atom. The van der Waals surface area contributed by atoms with Gasteiger partial charge in [-0.1, -0.05) is 28.1 Å². The summed E-state index contributed by atoms with van der Waals surface area (Å²) in [6, 6.07) is 15.2. The Balaban J connectivity index is 1.41. The standard InChI is InChI=1S/C19H14BrN7O3/c20-14-3-1-13(2-4-14)11-25-12-21-19(24-25)22-18(28)17-9-10-26(23-17)15-5-7-16(8-6-15)27(29)30/h1-10,12H,11H2,(H,22,24,28). The molecule has 0 unspecified atom stereocenters. The second kappa shape index (κ2) is 8.25. The number of aromatic nitrogens is 5. The lowest BCUT2D eigenvalue weighted by molar-refractivity contribution is -0.384. The molecular weight excluding hydrogens is 454 g/mol. The normalized spacial score (nSPS) is 10.7. The van der Waals surface area contributed by atoms with Crippen LogP contribution in [0.4, 0.5) is 11.6 Å². The highest BCUT2D eigenvalue weighted by Gasteiger charge is 2.13. The van der Waals surface area contributed by atoms with Gasteiger partial charge in [0.05, 0.1) is 17.2 Å². The number of amides is 1. The predicted molar refractivity (Wildman–Crippen MR) is 111 cm³/mol. The van der Waals surface area contributed by atoms with Crippen LogP contribution in [0.15, 0.2) is 71.6 Å². The Hall–Kier alpha value is -3.86. The third-order valence-corrected chi connectivity index (χ3v) is 4.70. The van der Waals surface area contributed by atoms with E-state index < -0.39 is 10.8 Å². The van der Waals surface area contributed by atoms with Crippen molar-refractivity contribution in [3.8, 4) is 5.69 Å². The lowest BCUT2D eigenvalue weighted by atomic mass is 10.2. The van der Waals surface area contributed by atoms with E-state index in [0.717, 1.165) is 10.0 Å². The van der Waals surface area contributed by atoms with Gasteiger partial charge in [0.15, 0.2) is 5.69 Å². The zero-order valence-electron chi connectivity index (χ0n) is 15.3. The molecule has 4 rings (SSSR count). The van der Waals surface area contributed by atoms with Gasteiger partial charge < -0.3 is 0 Å². The highest BCUT2D eigenvalue weighted by atomic mass is 79.9. The van der Waals surface area contributed by atoms with Crippen molar-refractivity contribution in [2.45, 2.75) is 6.54 Å². The lowest BCUT2D eigenvalue weighted by Gasteiger charge is -2.02. The second-order valence-electron chi connectivity index (χ2n) is 6.27. The van der Waals surface area contributed by atoms with Crippen molar-refractivity contribution in [2.75, 3.05) is 5.32 Å². The molecule has 30 heavy (non-hydrogen) atoms. The summed E-state index contributed by atoms with van der Waals surface area (Å²) >= 11 is 3.39. The van der Waals surface area contributed by atoms with E-state index >= 15 is 0 Å². The molecule has 0 aliphatic rings. The molecule has 0 bridgehead atoms. The maximum atomic E-state index is 12.4. The summed E-state index contributed by atoms with van der Waals surface area (Å²) in [5.74, 6) is -0.293. The van der Waals surface area contributed by atoms with E-state index in [1.54, 1.807) is 23.0 Å². The number of anilines is 1. The number of carbonyl (C=O) groups is 1. The molecule has 1 amide bonds. The Morgan fingerprint density at radius 1 is 1.07 bits per heavy atom. The van der Waals surface area contributed by atoms with Gasteiger partial charge in [-0.05, 0) is 35.9 Å². The predicted octanol–water partition coefficient (Wildman–Crippen LogP) is 3.44. The summed E-state index contributed by atoms with van der Waals surface area (Å²) in [7, 11) is 0. The first-order chi connectivity index (χ1) is 14.5. The number of nitrogens with zero attached hydrogens (tertiary/aromatic N) is 6. The lowest BCUT2D eigenvalue weighted by Crippen LogP contribution is -2.14. The maximum absolute atomic E-state index is 12.4. The van der Waals surface area contributed by atoms with Gasteiger partial charge in [0.1, 0.15) is 6.33 Å². The highest BCUT2D eigenvalue weighted by molar-refractivity contribution is 9.10. The van der Waals surface area contributed by atoms with Crippen LogP contribution in [0.3, 0.4) is 0 Å². The van der Waals surface area contributed by atoms with Crippen molar-refractivity contribution in [1.82, 2.24) is 24.5 Å². The van der Waals surface area contributed by atoms with Crippen LogP contribution >= 0.6 is 15.9 Å². The van der Waals surface area contributed by atoms with Crippen molar-refractivity contribution in [2.24, 2.45) is 0 Å². The number of benzene rings is 2. The van der Waals surface area contributed by atoms with Gasteiger partial charge >= 0.3 is 0 Å². The van der Waals surface area contributed by atoms with Crippen LogP contribution in [0, 0.1) is 10.1 Å². The number of hydrogen-bond donors (Lipinski definition) is 1. The van der Waals surface area contributed by atoms with Crippen LogP contribution in [0.2, 0.25) is 0 Å². The first kappa shape index (κ1) is 19.5. The van der Waals surface area contributed by atoms with E-state index in [4.69, 9.17) is 0 Å².